The average Bonchev–Trinajstić information content (AvgIpc) is 2.57. The molecule has 0 saturated carbocycles. The number of benzene rings is 1. The predicted molar refractivity (Wildman–Crippen MR) is 89.6 cm³/mol. The third-order valence-corrected chi connectivity index (χ3v) is 5.20. The fourth-order valence-corrected chi connectivity index (χ4v) is 3.68. The Balaban J connectivity index is 1.69. The van der Waals surface area contributed by atoms with Crippen molar-refractivity contribution in [2.45, 2.75) is 23.8 Å². The highest BCUT2D eigenvalue weighted by molar-refractivity contribution is 7.90. The largest absolute Gasteiger partial charge is 0.487 e. The Hall–Kier alpha value is -2.22. The molecule has 0 unspecified atom stereocenters. The molecule has 1 aliphatic rings. The van der Waals surface area contributed by atoms with E-state index in [1.54, 1.807) is 12.3 Å². The number of sulfone groups is 1. The summed E-state index contributed by atoms with van der Waals surface area (Å²) in [5.41, 5.74) is 0. The molecule has 25 heavy (non-hydrogen) atoms. The van der Waals surface area contributed by atoms with Crippen molar-refractivity contribution < 1.29 is 21.9 Å². The molecular weight excluding hydrogens is 350 g/mol. The van der Waals surface area contributed by atoms with Gasteiger partial charge in [-0.25, -0.2) is 22.2 Å². The molecule has 0 atom stereocenters. The first kappa shape index (κ1) is 17.6. The number of halogens is 2. The van der Waals surface area contributed by atoms with E-state index in [0.29, 0.717) is 31.7 Å². The van der Waals surface area contributed by atoms with E-state index in [4.69, 9.17) is 4.74 Å². The Morgan fingerprint density at radius 1 is 1.20 bits per heavy atom. The van der Waals surface area contributed by atoms with Crippen molar-refractivity contribution in [3.8, 4) is 5.75 Å². The molecule has 3 rings (SSSR count). The zero-order valence-corrected chi connectivity index (χ0v) is 14.5. The lowest BCUT2D eigenvalue weighted by Crippen LogP contribution is -2.39. The minimum absolute atomic E-state index is 0.0227. The second-order valence-corrected chi connectivity index (χ2v) is 7.96. The van der Waals surface area contributed by atoms with Gasteiger partial charge < -0.3 is 9.64 Å². The maximum atomic E-state index is 13.7. The molecule has 2 aromatic rings. The van der Waals surface area contributed by atoms with E-state index in [1.807, 2.05) is 4.90 Å². The smallest absolute Gasteiger partial charge is 0.179 e. The summed E-state index contributed by atoms with van der Waals surface area (Å²) in [6.07, 6.45) is 3.65. The summed E-state index contributed by atoms with van der Waals surface area (Å²) in [4.78, 5) is 6.29. The summed E-state index contributed by atoms with van der Waals surface area (Å²) in [5, 5.41) is 0. The van der Waals surface area contributed by atoms with Gasteiger partial charge in [-0.3, -0.25) is 0 Å². The van der Waals surface area contributed by atoms with E-state index in [9.17, 15) is 17.2 Å². The van der Waals surface area contributed by atoms with Crippen LogP contribution in [-0.2, 0) is 9.84 Å². The SMILES string of the molecule is CS(=O)(=O)c1cccnc1N1CCC(Oc2ccc(F)cc2F)CC1. The molecule has 134 valence electrons. The van der Waals surface area contributed by atoms with E-state index in [0.717, 1.165) is 18.4 Å². The summed E-state index contributed by atoms with van der Waals surface area (Å²) < 4.78 is 56.0. The summed E-state index contributed by atoms with van der Waals surface area (Å²) in [7, 11) is -3.38. The number of pyridine rings is 1. The topological polar surface area (TPSA) is 59.5 Å². The van der Waals surface area contributed by atoms with Crippen LogP contribution in [0.25, 0.3) is 0 Å². The average molecular weight is 368 g/mol. The maximum Gasteiger partial charge on any atom is 0.179 e. The third-order valence-electron chi connectivity index (χ3n) is 4.08. The van der Waals surface area contributed by atoms with Crippen LogP contribution in [0.3, 0.4) is 0 Å². The summed E-state index contributed by atoms with van der Waals surface area (Å²) in [6, 6.07) is 6.34. The first-order chi connectivity index (χ1) is 11.8. The Labute approximate surface area is 145 Å². The van der Waals surface area contributed by atoms with Crippen LogP contribution in [0.15, 0.2) is 41.4 Å². The fraction of sp³-hybridized carbons (Fsp3) is 0.353. The Bertz CT molecular complexity index is 866. The van der Waals surface area contributed by atoms with Crippen LogP contribution in [0.5, 0.6) is 5.75 Å². The molecule has 1 saturated heterocycles. The number of rotatable bonds is 4. The number of anilines is 1. The Morgan fingerprint density at radius 3 is 2.56 bits per heavy atom. The highest BCUT2D eigenvalue weighted by atomic mass is 32.2. The minimum Gasteiger partial charge on any atom is -0.487 e. The van der Waals surface area contributed by atoms with Crippen LogP contribution < -0.4 is 9.64 Å². The van der Waals surface area contributed by atoms with E-state index >= 15 is 0 Å². The number of ether oxygens (including phenoxy) is 1. The Kier molecular flexibility index (Phi) is 4.89. The van der Waals surface area contributed by atoms with Crippen molar-refractivity contribution in [2.24, 2.45) is 0 Å². The van der Waals surface area contributed by atoms with E-state index in [-0.39, 0.29) is 16.7 Å². The molecule has 1 aromatic heterocycles. The van der Waals surface area contributed by atoms with Gasteiger partial charge in [0.25, 0.3) is 0 Å². The van der Waals surface area contributed by atoms with Gasteiger partial charge in [0.05, 0.1) is 0 Å². The van der Waals surface area contributed by atoms with Gasteiger partial charge in [-0.15, -0.1) is 0 Å². The van der Waals surface area contributed by atoms with Gasteiger partial charge in [-0.2, -0.15) is 0 Å². The third kappa shape index (κ3) is 4.07. The lowest BCUT2D eigenvalue weighted by atomic mass is 10.1. The van der Waals surface area contributed by atoms with Gasteiger partial charge in [0.2, 0.25) is 0 Å². The van der Waals surface area contributed by atoms with E-state index < -0.39 is 21.5 Å². The molecule has 1 aromatic carbocycles. The number of hydrogen-bond acceptors (Lipinski definition) is 5. The van der Waals surface area contributed by atoms with Gasteiger partial charge in [0, 0.05) is 44.5 Å². The van der Waals surface area contributed by atoms with Crippen molar-refractivity contribution >= 4 is 15.7 Å². The number of aromatic nitrogens is 1. The lowest BCUT2D eigenvalue weighted by molar-refractivity contribution is 0.163. The number of piperidine rings is 1. The van der Waals surface area contributed by atoms with Gasteiger partial charge in [0.15, 0.2) is 21.4 Å². The monoisotopic (exact) mass is 368 g/mol. The van der Waals surface area contributed by atoms with Crippen molar-refractivity contribution in [3.63, 3.8) is 0 Å². The van der Waals surface area contributed by atoms with Crippen molar-refractivity contribution in [3.05, 3.63) is 48.2 Å². The van der Waals surface area contributed by atoms with Gasteiger partial charge in [0.1, 0.15) is 22.6 Å². The molecule has 5 nitrogen and oxygen atoms in total. The molecule has 1 aliphatic heterocycles. The molecular formula is C17H18F2N2O3S. The van der Waals surface area contributed by atoms with Gasteiger partial charge in [-0.05, 0) is 24.3 Å². The second kappa shape index (κ2) is 6.95. The highest BCUT2D eigenvalue weighted by Gasteiger charge is 2.26. The van der Waals surface area contributed by atoms with Crippen molar-refractivity contribution in [1.82, 2.24) is 4.98 Å². The first-order valence-electron chi connectivity index (χ1n) is 7.86. The van der Waals surface area contributed by atoms with Crippen LogP contribution in [0.4, 0.5) is 14.6 Å². The number of hydrogen-bond donors (Lipinski definition) is 0. The molecule has 0 aliphatic carbocycles. The lowest BCUT2D eigenvalue weighted by Gasteiger charge is -2.33. The summed E-state index contributed by atoms with van der Waals surface area (Å²) in [5.74, 6) is -0.930. The minimum atomic E-state index is -3.38. The standard InChI is InChI=1S/C17H18F2N2O3S/c1-25(22,23)16-3-2-8-20-17(16)21-9-6-13(7-10-21)24-15-5-4-12(18)11-14(15)19/h2-5,8,11,13H,6-7,9-10H2,1H3. The second-order valence-electron chi connectivity index (χ2n) is 5.98. The molecule has 0 bridgehead atoms. The van der Waals surface area contributed by atoms with Crippen molar-refractivity contribution in [1.29, 1.82) is 0 Å². The predicted octanol–water partition coefficient (Wildman–Crippen LogP) is 2.81. The molecule has 0 N–H and O–H groups in total. The Morgan fingerprint density at radius 2 is 1.92 bits per heavy atom. The molecule has 8 heteroatoms. The van der Waals surface area contributed by atoms with Crippen LogP contribution in [0, 0.1) is 11.6 Å². The zero-order chi connectivity index (χ0) is 18.0. The summed E-state index contributed by atoms with van der Waals surface area (Å²) in [6.45, 7) is 1.07. The molecule has 0 radical (unpaired) electrons. The molecule has 2 heterocycles. The quantitative estimate of drug-likeness (QED) is 0.831. The molecule has 1 fully saturated rings. The van der Waals surface area contributed by atoms with Crippen LogP contribution in [-0.4, -0.2) is 38.9 Å². The maximum absolute atomic E-state index is 13.7. The van der Waals surface area contributed by atoms with Crippen LogP contribution in [0.1, 0.15) is 12.8 Å². The first-order valence-corrected chi connectivity index (χ1v) is 9.75. The fourth-order valence-electron chi connectivity index (χ4n) is 2.84. The van der Waals surface area contributed by atoms with Gasteiger partial charge >= 0.3 is 0 Å². The molecule has 0 spiro atoms. The highest BCUT2D eigenvalue weighted by Crippen LogP contribution is 2.27. The van der Waals surface area contributed by atoms with Gasteiger partial charge in [-0.1, -0.05) is 0 Å². The van der Waals surface area contributed by atoms with Crippen molar-refractivity contribution in [2.75, 3.05) is 24.2 Å². The normalized spacial score (nSPS) is 16.0. The van der Waals surface area contributed by atoms with Crippen LogP contribution >= 0.6 is 0 Å². The molecule has 0 amide bonds. The van der Waals surface area contributed by atoms with E-state index in [2.05, 4.69) is 4.98 Å². The number of nitrogens with zero attached hydrogens (tertiary/aromatic N) is 2. The zero-order valence-electron chi connectivity index (χ0n) is 13.7. The van der Waals surface area contributed by atoms with Crippen LogP contribution in [0.2, 0.25) is 0 Å². The summed E-state index contributed by atoms with van der Waals surface area (Å²) >= 11 is 0. The van der Waals surface area contributed by atoms with E-state index in [1.165, 1.54) is 12.1 Å².